The molecule has 3 nitrogen and oxygen atoms in total. The molecule has 1 heterocycles. The molecule has 0 spiro atoms. The molecule has 20 heavy (non-hydrogen) atoms. The van der Waals surface area contributed by atoms with Crippen LogP contribution in [0.25, 0.3) is 0 Å². The highest BCUT2D eigenvalue weighted by atomic mass is 32.1. The van der Waals surface area contributed by atoms with Crippen LogP contribution in [-0.4, -0.2) is 10.9 Å². The summed E-state index contributed by atoms with van der Waals surface area (Å²) in [5.41, 5.74) is 1.27. The Morgan fingerprint density at radius 3 is 2.70 bits per heavy atom. The molecule has 0 bridgehead atoms. The summed E-state index contributed by atoms with van der Waals surface area (Å²) < 4.78 is 0. The summed E-state index contributed by atoms with van der Waals surface area (Å²) in [4.78, 5) is 17.3. The monoisotopic (exact) mass is 288 g/mol. The second-order valence-corrected chi connectivity index (χ2v) is 6.17. The van der Waals surface area contributed by atoms with Crippen molar-refractivity contribution in [2.75, 3.05) is 5.32 Å². The van der Waals surface area contributed by atoms with E-state index >= 15 is 0 Å². The van der Waals surface area contributed by atoms with Crippen LogP contribution in [0.15, 0.2) is 36.5 Å². The molecule has 106 valence electrons. The lowest BCUT2D eigenvalue weighted by molar-refractivity contribution is -0.116. The number of hydrogen-bond donors (Lipinski definition) is 1. The summed E-state index contributed by atoms with van der Waals surface area (Å²) in [6.45, 7) is 4.25. The molecule has 0 aliphatic carbocycles. The number of rotatable bonds is 6. The first-order chi connectivity index (χ1) is 9.65. The third-order valence-electron chi connectivity index (χ3n) is 3.05. The Labute approximate surface area is 124 Å². The number of nitrogens with one attached hydrogen (secondary N) is 1. The molecule has 0 radical (unpaired) electrons. The summed E-state index contributed by atoms with van der Waals surface area (Å²) in [5.74, 6) is 0.502. The number of carbonyl (C=O) groups excluding carboxylic acids is 1. The smallest absolute Gasteiger partial charge is 0.226 e. The molecule has 0 unspecified atom stereocenters. The van der Waals surface area contributed by atoms with Crippen molar-refractivity contribution in [2.24, 2.45) is 0 Å². The van der Waals surface area contributed by atoms with Crippen molar-refractivity contribution in [1.29, 1.82) is 0 Å². The minimum atomic E-state index is 0.0468. The van der Waals surface area contributed by atoms with E-state index in [0.717, 1.165) is 12.8 Å². The molecule has 0 aliphatic rings. The van der Waals surface area contributed by atoms with Gasteiger partial charge in [0.2, 0.25) is 5.91 Å². The fourth-order valence-electron chi connectivity index (χ4n) is 1.89. The molecule has 1 N–H and O–H groups in total. The third kappa shape index (κ3) is 4.46. The van der Waals surface area contributed by atoms with Crippen molar-refractivity contribution in [3.63, 3.8) is 0 Å². The van der Waals surface area contributed by atoms with Crippen molar-refractivity contribution in [3.8, 4) is 0 Å². The van der Waals surface area contributed by atoms with Crippen molar-refractivity contribution in [1.82, 2.24) is 4.98 Å². The number of aromatic nitrogens is 1. The van der Waals surface area contributed by atoms with Crippen LogP contribution in [0.3, 0.4) is 0 Å². The first kappa shape index (κ1) is 14.7. The minimum absolute atomic E-state index is 0.0468. The van der Waals surface area contributed by atoms with E-state index in [1.54, 1.807) is 11.3 Å². The molecular weight excluding hydrogens is 268 g/mol. The number of aryl methyl sites for hydroxylation is 1. The average Bonchev–Trinajstić information content (AvgIpc) is 2.88. The lowest BCUT2D eigenvalue weighted by Gasteiger charge is -2.02. The van der Waals surface area contributed by atoms with E-state index in [2.05, 4.69) is 36.3 Å². The van der Waals surface area contributed by atoms with E-state index in [1.807, 2.05) is 24.4 Å². The number of amides is 1. The van der Waals surface area contributed by atoms with Crippen LogP contribution in [0, 0.1) is 0 Å². The molecule has 4 heteroatoms. The van der Waals surface area contributed by atoms with Gasteiger partial charge < -0.3 is 5.32 Å². The summed E-state index contributed by atoms with van der Waals surface area (Å²) in [6.07, 6.45) is 4.17. The summed E-state index contributed by atoms with van der Waals surface area (Å²) in [6, 6.07) is 10.2. The van der Waals surface area contributed by atoms with Crippen LogP contribution in [-0.2, 0) is 11.2 Å². The molecule has 2 rings (SSSR count). The van der Waals surface area contributed by atoms with Crippen LogP contribution in [0.2, 0.25) is 0 Å². The Bertz CT molecular complexity index is 549. The highest BCUT2D eigenvalue weighted by Gasteiger charge is 2.08. The van der Waals surface area contributed by atoms with Gasteiger partial charge in [0.1, 0.15) is 0 Å². The molecule has 0 fully saturated rings. The fourth-order valence-corrected chi connectivity index (χ4v) is 2.73. The zero-order valence-electron chi connectivity index (χ0n) is 11.9. The highest BCUT2D eigenvalue weighted by Crippen LogP contribution is 2.25. The number of nitrogens with zero attached hydrogens (tertiary/aromatic N) is 1. The maximum atomic E-state index is 11.8. The first-order valence-electron chi connectivity index (χ1n) is 6.94. The Balaban J connectivity index is 1.75. The van der Waals surface area contributed by atoms with Gasteiger partial charge in [0.15, 0.2) is 5.13 Å². The van der Waals surface area contributed by atoms with Gasteiger partial charge in [0.25, 0.3) is 0 Å². The van der Waals surface area contributed by atoms with Crippen molar-refractivity contribution in [2.45, 2.75) is 39.0 Å². The summed E-state index contributed by atoms with van der Waals surface area (Å²) in [7, 11) is 0. The highest BCUT2D eigenvalue weighted by molar-refractivity contribution is 7.15. The number of carbonyl (C=O) groups is 1. The van der Waals surface area contributed by atoms with E-state index in [0.29, 0.717) is 17.5 Å². The summed E-state index contributed by atoms with van der Waals surface area (Å²) >= 11 is 1.56. The number of hydrogen-bond acceptors (Lipinski definition) is 3. The number of anilines is 1. The predicted molar refractivity (Wildman–Crippen MR) is 84.2 cm³/mol. The number of thiazole rings is 1. The predicted octanol–water partition coefficient (Wildman–Crippen LogP) is 4.23. The minimum Gasteiger partial charge on any atom is -0.302 e. The van der Waals surface area contributed by atoms with Gasteiger partial charge in [0.05, 0.1) is 0 Å². The van der Waals surface area contributed by atoms with Gasteiger partial charge in [-0.05, 0) is 24.3 Å². The Morgan fingerprint density at radius 1 is 1.30 bits per heavy atom. The normalized spacial score (nSPS) is 10.8. The average molecular weight is 288 g/mol. The topological polar surface area (TPSA) is 42.0 Å². The zero-order chi connectivity index (χ0) is 14.4. The molecule has 2 aromatic rings. The van der Waals surface area contributed by atoms with E-state index in [-0.39, 0.29) is 5.91 Å². The van der Waals surface area contributed by atoms with Crippen LogP contribution < -0.4 is 5.32 Å². The quantitative estimate of drug-likeness (QED) is 0.864. The van der Waals surface area contributed by atoms with Gasteiger partial charge in [-0.25, -0.2) is 4.98 Å². The molecular formula is C16H20N2OS. The van der Waals surface area contributed by atoms with E-state index in [9.17, 15) is 4.79 Å². The third-order valence-corrected chi connectivity index (χ3v) is 4.26. The van der Waals surface area contributed by atoms with Crippen LogP contribution in [0.5, 0.6) is 0 Å². The summed E-state index contributed by atoms with van der Waals surface area (Å²) in [5, 5.41) is 3.58. The van der Waals surface area contributed by atoms with E-state index in [1.165, 1.54) is 10.4 Å². The maximum Gasteiger partial charge on any atom is 0.226 e. The van der Waals surface area contributed by atoms with Crippen molar-refractivity contribution >= 4 is 22.4 Å². The zero-order valence-corrected chi connectivity index (χ0v) is 12.7. The lowest BCUT2D eigenvalue weighted by Crippen LogP contribution is -2.11. The van der Waals surface area contributed by atoms with Crippen LogP contribution >= 0.6 is 11.3 Å². The van der Waals surface area contributed by atoms with Crippen LogP contribution in [0.1, 0.15) is 43.0 Å². The SMILES string of the molecule is CC(C)c1cnc(NC(=O)CCCc2ccccc2)s1. The van der Waals surface area contributed by atoms with Crippen molar-refractivity contribution < 1.29 is 4.79 Å². The van der Waals surface area contributed by atoms with Gasteiger partial charge in [0, 0.05) is 17.5 Å². The van der Waals surface area contributed by atoms with Gasteiger partial charge in [-0.2, -0.15) is 0 Å². The maximum absolute atomic E-state index is 11.8. The molecule has 1 aromatic carbocycles. The fraction of sp³-hybridized carbons (Fsp3) is 0.375. The van der Waals surface area contributed by atoms with Crippen molar-refractivity contribution in [3.05, 3.63) is 47.0 Å². The number of benzene rings is 1. The Morgan fingerprint density at radius 2 is 2.05 bits per heavy atom. The molecule has 1 aromatic heterocycles. The van der Waals surface area contributed by atoms with E-state index in [4.69, 9.17) is 0 Å². The largest absolute Gasteiger partial charge is 0.302 e. The van der Waals surface area contributed by atoms with Gasteiger partial charge in [-0.1, -0.05) is 44.2 Å². The molecule has 0 saturated heterocycles. The second-order valence-electron chi connectivity index (χ2n) is 5.11. The van der Waals surface area contributed by atoms with Crippen LogP contribution in [0.4, 0.5) is 5.13 Å². The van der Waals surface area contributed by atoms with Gasteiger partial charge in [-0.15, -0.1) is 11.3 Å². The molecule has 0 atom stereocenters. The lowest BCUT2D eigenvalue weighted by atomic mass is 10.1. The van der Waals surface area contributed by atoms with E-state index < -0.39 is 0 Å². The molecule has 1 amide bonds. The Hall–Kier alpha value is -1.68. The standard InChI is InChI=1S/C16H20N2OS/c1-12(2)14-11-17-16(20-14)18-15(19)10-6-9-13-7-4-3-5-8-13/h3-5,7-8,11-12H,6,9-10H2,1-2H3,(H,17,18,19). The molecule has 0 saturated carbocycles. The Kier molecular flexibility index (Phi) is 5.30. The first-order valence-corrected chi connectivity index (χ1v) is 7.76. The van der Waals surface area contributed by atoms with Gasteiger partial charge in [-0.3, -0.25) is 4.79 Å². The second kappa shape index (κ2) is 7.20. The van der Waals surface area contributed by atoms with Gasteiger partial charge >= 0.3 is 0 Å². The molecule has 0 aliphatic heterocycles.